The van der Waals surface area contributed by atoms with Crippen LogP contribution in [0.5, 0.6) is 0 Å². The van der Waals surface area contributed by atoms with Crippen molar-refractivity contribution in [3.05, 3.63) is 0 Å². The molecule has 1 heterocycles. The van der Waals surface area contributed by atoms with Gasteiger partial charge < -0.3 is 9.84 Å². The summed E-state index contributed by atoms with van der Waals surface area (Å²) in [4.78, 5) is 0. The zero-order valence-electron chi connectivity index (χ0n) is 7.83. The van der Waals surface area contributed by atoms with Gasteiger partial charge in [0.05, 0.1) is 18.3 Å². The highest BCUT2D eigenvalue weighted by atomic mass is 127. The van der Waals surface area contributed by atoms with E-state index in [2.05, 4.69) is 36.4 Å². The molecule has 2 nitrogen and oxygen atoms in total. The monoisotopic (exact) mass is 284 g/mol. The van der Waals surface area contributed by atoms with E-state index in [0.29, 0.717) is 17.9 Å². The molecule has 72 valence electrons. The van der Waals surface area contributed by atoms with Crippen LogP contribution in [0.15, 0.2) is 0 Å². The lowest BCUT2D eigenvalue weighted by molar-refractivity contribution is -0.151. The van der Waals surface area contributed by atoms with Crippen molar-refractivity contribution in [3.8, 4) is 0 Å². The standard InChI is InChI=1S/C9H17IO2/c1-5-6(2)9(11)7(3)12-8(5)4-10/h5-9,11H,4H2,1-3H3/t5-,6-,7?,8+,9-/m0/s1. The number of alkyl halides is 1. The fraction of sp³-hybridized carbons (Fsp3) is 1.00. The molecule has 3 heteroatoms. The van der Waals surface area contributed by atoms with E-state index in [9.17, 15) is 5.11 Å². The highest BCUT2D eigenvalue weighted by Crippen LogP contribution is 2.31. The average molecular weight is 284 g/mol. The molecule has 0 radical (unpaired) electrons. The Bertz CT molecular complexity index is 147. The molecule has 0 aliphatic carbocycles. The largest absolute Gasteiger partial charge is 0.390 e. The molecule has 0 aromatic carbocycles. The molecule has 1 aliphatic rings. The molecule has 1 N–H and O–H groups in total. The van der Waals surface area contributed by atoms with Crippen LogP contribution in [-0.4, -0.2) is 27.8 Å². The molecule has 0 aromatic rings. The highest BCUT2D eigenvalue weighted by molar-refractivity contribution is 14.1. The van der Waals surface area contributed by atoms with Gasteiger partial charge in [0.25, 0.3) is 0 Å². The number of halogens is 1. The van der Waals surface area contributed by atoms with Crippen molar-refractivity contribution in [2.75, 3.05) is 4.43 Å². The smallest absolute Gasteiger partial charge is 0.0828 e. The van der Waals surface area contributed by atoms with Gasteiger partial charge in [-0.3, -0.25) is 0 Å². The molecule has 1 rings (SSSR count). The fourth-order valence-corrected chi connectivity index (χ4v) is 2.74. The molecular weight excluding hydrogens is 267 g/mol. The first-order valence-electron chi connectivity index (χ1n) is 4.47. The maximum Gasteiger partial charge on any atom is 0.0828 e. The van der Waals surface area contributed by atoms with Gasteiger partial charge in [0, 0.05) is 4.43 Å². The van der Waals surface area contributed by atoms with Gasteiger partial charge in [-0.1, -0.05) is 36.4 Å². The summed E-state index contributed by atoms with van der Waals surface area (Å²) >= 11 is 2.34. The Labute approximate surface area is 87.8 Å². The summed E-state index contributed by atoms with van der Waals surface area (Å²) in [6.07, 6.45) is 0.0224. The van der Waals surface area contributed by atoms with E-state index in [1.165, 1.54) is 0 Å². The number of rotatable bonds is 1. The van der Waals surface area contributed by atoms with Crippen molar-refractivity contribution in [2.45, 2.75) is 39.1 Å². The van der Waals surface area contributed by atoms with Gasteiger partial charge in [-0.2, -0.15) is 0 Å². The van der Waals surface area contributed by atoms with Gasteiger partial charge >= 0.3 is 0 Å². The van der Waals surface area contributed by atoms with Gasteiger partial charge in [-0.05, 0) is 18.8 Å². The number of hydrogen-bond donors (Lipinski definition) is 1. The minimum absolute atomic E-state index is 0.00374. The van der Waals surface area contributed by atoms with Crippen LogP contribution in [0, 0.1) is 11.8 Å². The first kappa shape index (κ1) is 10.7. The van der Waals surface area contributed by atoms with Crippen LogP contribution >= 0.6 is 22.6 Å². The van der Waals surface area contributed by atoms with Gasteiger partial charge in [0.15, 0.2) is 0 Å². The molecule has 0 bridgehead atoms. The molecule has 1 unspecified atom stereocenters. The second-order valence-corrected chi connectivity index (χ2v) is 4.62. The Morgan fingerprint density at radius 1 is 1.25 bits per heavy atom. The average Bonchev–Trinajstić information content (AvgIpc) is 2.08. The minimum atomic E-state index is -0.292. The predicted molar refractivity (Wildman–Crippen MR) is 57.6 cm³/mol. The van der Waals surface area contributed by atoms with Gasteiger partial charge in [-0.15, -0.1) is 0 Å². The van der Waals surface area contributed by atoms with Gasteiger partial charge in [0.2, 0.25) is 0 Å². The lowest BCUT2D eigenvalue weighted by Gasteiger charge is -2.40. The van der Waals surface area contributed by atoms with Crippen molar-refractivity contribution < 1.29 is 9.84 Å². The summed E-state index contributed by atoms with van der Waals surface area (Å²) in [5, 5.41) is 9.70. The van der Waals surface area contributed by atoms with Crippen molar-refractivity contribution in [1.82, 2.24) is 0 Å². The van der Waals surface area contributed by atoms with Gasteiger partial charge in [-0.25, -0.2) is 0 Å². The number of aliphatic hydroxyl groups is 1. The topological polar surface area (TPSA) is 29.5 Å². The molecule has 1 aliphatic heterocycles. The quantitative estimate of drug-likeness (QED) is 0.588. The molecule has 0 saturated carbocycles. The maximum atomic E-state index is 9.70. The van der Waals surface area contributed by atoms with Crippen LogP contribution in [0.1, 0.15) is 20.8 Å². The van der Waals surface area contributed by atoms with E-state index < -0.39 is 0 Å². The van der Waals surface area contributed by atoms with Crippen LogP contribution in [0.4, 0.5) is 0 Å². The third-order valence-corrected chi connectivity index (χ3v) is 3.85. The summed E-state index contributed by atoms with van der Waals surface area (Å²) in [7, 11) is 0. The van der Waals surface area contributed by atoms with Crippen LogP contribution in [0.2, 0.25) is 0 Å². The zero-order valence-corrected chi connectivity index (χ0v) is 9.98. The minimum Gasteiger partial charge on any atom is -0.390 e. The van der Waals surface area contributed by atoms with Crippen molar-refractivity contribution in [2.24, 2.45) is 11.8 Å². The van der Waals surface area contributed by atoms with Gasteiger partial charge in [0.1, 0.15) is 0 Å². The van der Waals surface area contributed by atoms with Crippen LogP contribution in [-0.2, 0) is 4.74 Å². The normalized spacial score (nSPS) is 49.2. The molecule has 0 spiro atoms. The lowest BCUT2D eigenvalue weighted by Crippen LogP contribution is -2.48. The SMILES string of the molecule is CC1O[C@H](CI)[C@@H](C)[C@H](C)[C@@H]1O. The second kappa shape index (κ2) is 4.24. The Morgan fingerprint density at radius 2 is 1.83 bits per heavy atom. The summed E-state index contributed by atoms with van der Waals surface area (Å²) in [5.41, 5.74) is 0. The summed E-state index contributed by atoms with van der Waals surface area (Å²) in [6.45, 7) is 6.21. The van der Waals surface area contributed by atoms with Crippen LogP contribution < -0.4 is 0 Å². The summed E-state index contributed by atoms with van der Waals surface area (Å²) < 4.78 is 6.69. The third-order valence-electron chi connectivity index (χ3n) is 2.98. The Balaban J connectivity index is 2.63. The Kier molecular flexibility index (Phi) is 3.79. The molecule has 0 aromatic heterocycles. The van der Waals surface area contributed by atoms with Crippen molar-refractivity contribution in [3.63, 3.8) is 0 Å². The Morgan fingerprint density at radius 3 is 2.33 bits per heavy atom. The third kappa shape index (κ3) is 1.93. The predicted octanol–water partition coefficient (Wildman–Crippen LogP) is 1.84. The molecule has 0 amide bonds. The zero-order chi connectivity index (χ0) is 9.30. The molecule has 5 atom stereocenters. The van der Waals surface area contributed by atoms with E-state index in [0.717, 1.165) is 4.43 Å². The first-order valence-corrected chi connectivity index (χ1v) is 6.00. The summed E-state index contributed by atoms with van der Waals surface area (Å²) in [5.74, 6) is 0.821. The Hall–Kier alpha value is 0.650. The number of ether oxygens (including phenoxy) is 1. The van der Waals surface area contributed by atoms with E-state index >= 15 is 0 Å². The fourth-order valence-electron chi connectivity index (χ4n) is 1.73. The van der Waals surface area contributed by atoms with Crippen LogP contribution in [0.3, 0.4) is 0 Å². The lowest BCUT2D eigenvalue weighted by atomic mass is 9.82. The molecule has 12 heavy (non-hydrogen) atoms. The van der Waals surface area contributed by atoms with E-state index in [1.54, 1.807) is 0 Å². The molecule has 1 fully saturated rings. The molecular formula is C9H17IO2. The van der Waals surface area contributed by atoms with E-state index in [-0.39, 0.29) is 12.2 Å². The van der Waals surface area contributed by atoms with E-state index in [1.807, 2.05) is 6.92 Å². The summed E-state index contributed by atoms with van der Waals surface area (Å²) in [6, 6.07) is 0. The van der Waals surface area contributed by atoms with Crippen molar-refractivity contribution in [1.29, 1.82) is 0 Å². The van der Waals surface area contributed by atoms with Crippen LogP contribution in [0.25, 0.3) is 0 Å². The second-order valence-electron chi connectivity index (χ2n) is 3.74. The number of aliphatic hydroxyl groups excluding tert-OH is 1. The first-order chi connectivity index (χ1) is 5.57. The highest BCUT2D eigenvalue weighted by Gasteiger charge is 2.37. The van der Waals surface area contributed by atoms with Crippen molar-refractivity contribution >= 4 is 22.6 Å². The molecule has 1 saturated heterocycles. The maximum absolute atomic E-state index is 9.70. The van der Waals surface area contributed by atoms with E-state index in [4.69, 9.17) is 4.74 Å². The number of hydrogen-bond acceptors (Lipinski definition) is 2.